The summed E-state index contributed by atoms with van der Waals surface area (Å²) in [6.07, 6.45) is 7.32. The summed E-state index contributed by atoms with van der Waals surface area (Å²) in [5, 5.41) is 12.8. The molecule has 0 saturated heterocycles. The summed E-state index contributed by atoms with van der Waals surface area (Å²) >= 11 is 12.6. The minimum absolute atomic E-state index is 0.482. The van der Waals surface area contributed by atoms with E-state index in [9.17, 15) is 0 Å². The van der Waals surface area contributed by atoms with Gasteiger partial charge in [-0.1, -0.05) is 47.4 Å². The molecule has 2 aromatic rings. The number of halogens is 2. The maximum Gasteiger partial charge on any atom is 0.116 e. The molecular weight excluding hydrogens is 321 g/mol. The first kappa shape index (κ1) is 16.5. The molecule has 0 saturated carbocycles. The highest BCUT2D eigenvalue weighted by Gasteiger charge is 2.15. The molecule has 0 atom stereocenters. The average Bonchev–Trinajstić information content (AvgIpc) is 2.51. The van der Waals surface area contributed by atoms with Gasteiger partial charge in [0.2, 0.25) is 0 Å². The lowest BCUT2D eigenvalue weighted by molar-refractivity contribution is 0.322. The fourth-order valence-corrected chi connectivity index (χ4v) is 2.68. The molecule has 0 bridgehead atoms. The molecule has 1 heterocycles. The topological polar surface area (TPSA) is 58.4 Å². The number of hydrogen-bond donors (Lipinski definition) is 1. The van der Waals surface area contributed by atoms with Crippen molar-refractivity contribution < 1.29 is 5.21 Å². The van der Waals surface area contributed by atoms with Crippen LogP contribution in [0.4, 0.5) is 0 Å². The summed E-state index contributed by atoms with van der Waals surface area (Å²) in [6, 6.07) is 3.59. The second-order valence-electron chi connectivity index (χ2n) is 4.54. The van der Waals surface area contributed by atoms with E-state index in [1.165, 1.54) is 12.5 Å². The first-order chi connectivity index (χ1) is 10.6. The molecular formula is C16H15Cl2N3O. The fraction of sp³-hybridized carbons (Fsp3) is 0.188. The predicted octanol–water partition coefficient (Wildman–Crippen LogP) is 4.85. The first-order valence-corrected chi connectivity index (χ1v) is 7.51. The smallest absolute Gasteiger partial charge is 0.116 e. The van der Waals surface area contributed by atoms with Gasteiger partial charge < -0.3 is 5.21 Å². The van der Waals surface area contributed by atoms with Crippen LogP contribution < -0.4 is 0 Å². The molecule has 6 heteroatoms. The van der Waals surface area contributed by atoms with Gasteiger partial charge in [-0.3, -0.25) is 0 Å². The molecule has 1 N–H and O–H groups in total. The van der Waals surface area contributed by atoms with E-state index in [0.29, 0.717) is 27.7 Å². The number of oxime groups is 1. The Bertz CT molecular complexity index is 742. The quantitative estimate of drug-likeness (QED) is 0.493. The lowest BCUT2D eigenvalue weighted by Gasteiger charge is -2.11. The van der Waals surface area contributed by atoms with Crippen LogP contribution in [0.15, 0.2) is 29.7 Å². The van der Waals surface area contributed by atoms with Gasteiger partial charge in [0.1, 0.15) is 6.33 Å². The highest BCUT2D eigenvalue weighted by Crippen LogP contribution is 2.34. The Kier molecular flexibility index (Phi) is 5.52. The van der Waals surface area contributed by atoms with Crippen molar-refractivity contribution in [2.24, 2.45) is 5.16 Å². The van der Waals surface area contributed by atoms with Crippen LogP contribution in [-0.4, -0.2) is 21.4 Å². The minimum Gasteiger partial charge on any atom is -0.411 e. The molecule has 1 aromatic heterocycles. The summed E-state index contributed by atoms with van der Waals surface area (Å²) in [5.41, 5.74) is 3.68. The van der Waals surface area contributed by atoms with Gasteiger partial charge in [0, 0.05) is 11.1 Å². The third-order valence-corrected chi connectivity index (χ3v) is 3.89. The van der Waals surface area contributed by atoms with Crippen LogP contribution in [0.5, 0.6) is 0 Å². The van der Waals surface area contributed by atoms with Gasteiger partial charge in [0.25, 0.3) is 0 Å². The van der Waals surface area contributed by atoms with Crippen molar-refractivity contribution in [3.63, 3.8) is 0 Å². The molecule has 4 nitrogen and oxygen atoms in total. The third kappa shape index (κ3) is 3.29. The summed E-state index contributed by atoms with van der Waals surface area (Å²) in [4.78, 5) is 8.49. The van der Waals surface area contributed by atoms with Crippen LogP contribution in [0, 0.1) is 0 Å². The minimum atomic E-state index is 0.482. The van der Waals surface area contributed by atoms with Gasteiger partial charge in [-0.25, -0.2) is 9.97 Å². The zero-order valence-electron chi connectivity index (χ0n) is 12.2. The van der Waals surface area contributed by atoms with Crippen molar-refractivity contribution in [3.8, 4) is 11.3 Å². The number of allylic oxidation sites excluding steroid dienone is 1. The van der Waals surface area contributed by atoms with Gasteiger partial charge in [-0.2, -0.15) is 0 Å². The number of hydrogen-bond acceptors (Lipinski definition) is 4. The lowest BCUT2D eigenvalue weighted by Crippen LogP contribution is -1.97. The van der Waals surface area contributed by atoms with Crippen LogP contribution in [0.25, 0.3) is 17.3 Å². The van der Waals surface area contributed by atoms with Crippen molar-refractivity contribution in [3.05, 3.63) is 51.4 Å². The standard InChI is InChI=1S/C16H15Cl2N3O/c1-3-5-10-7-13(17)11(8-21-22)6-12(10)16-15(18)14(4-2)19-9-20-16/h3,5-9,22H,4H2,1-2H3/b5-3+,21-8+. The molecule has 0 fully saturated rings. The van der Waals surface area contributed by atoms with E-state index >= 15 is 0 Å². The second kappa shape index (κ2) is 7.38. The Morgan fingerprint density at radius 1 is 1.23 bits per heavy atom. The second-order valence-corrected chi connectivity index (χ2v) is 5.33. The Hall–Kier alpha value is -1.91. The largest absolute Gasteiger partial charge is 0.411 e. The van der Waals surface area contributed by atoms with Gasteiger partial charge in [-0.05, 0) is 31.0 Å². The molecule has 0 aliphatic rings. The van der Waals surface area contributed by atoms with E-state index in [-0.39, 0.29) is 0 Å². The van der Waals surface area contributed by atoms with Crippen LogP contribution >= 0.6 is 23.2 Å². The van der Waals surface area contributed by atoms with Gasteiger partial charge in [-0.15, -0.1) is 0 Å². The van der Waals surface area contributed by atoms with E-state index in [1.807, 2.05) is 26.0 Å². The van der Waals surface area contributed by atoms with E-state index in [1.54, 1.807) is 12.1 Å². The van der Waals surface area contributed by atoms with Crippen molar-refractivity contribution >= 4 is 35.5 Å². The maximum absolute atomic E-state index is 8.76. The number of nitrogens with zero attached hydrogens (tertiary/aromatic N) is 3. The molecule has 0 aliphatic heterocycles. The Morgan fingerprint density at radius 2 is 2.00 bits per heavy atom. The van der Waals surface area contributed by atoms with E-state index < -0.39 is 0 Å². The third-order valence-electron chi connectivity index (χ3n) is 3.16. The zero-order valence-corrected chi connectivity index (χ0v) is 13.7. The highest BCUT2D eigenvalue weighted by molar-refractivity contribution is 6.34. The summed E-state index contributed by atoms with van der Waals surface area (Å²) < 4.78 is 0. The summed E-state index contributed by atoms with van der Waals surface area (Å²) in [7, 11) is 0. The van der Waals surface area contributed by atoms with Crippen molar-refractivity contribution in [2.75, 3.05) is 0 Å². The highest BCUT2D eigenvalue weighted by atomic mass is 35.5. The predicted molar refractivity (Wildman–Crippen MR) is 91.0 cm³/mol. The molecule has 2 rings (SSSR count). The SMILES string of the molecule is C/C=C/c1cc(Cl)c(/C=N/O)cc1-c1ncnc(CC)c1Cl. The molecule has 0 amide bonds. The summed E-state index contributed by atoms with van der Waals surface area (Å²) in [6.45, 7) is 3.90. The lowest BCUT2D eigenvalue weighted by atomic mass is 10.00. The van der Waals surface area contributed by atoms with Gasteiger partial charge in [0.15, 0.2) is 0 Å². The number of aryl methyl sites for hydroxylation is 1. The number of aromatic nitrogens is 2. The normalized spacial score (nSPS) is 11.6. The van der Waals surface area contributed by atoms with Crippen molar-refractivity contribution in [1.82, 2.24) is 9.97 Å². The molecule has 114 valence electrons. The van der Waals surface area contributed by atoms with Gasteiger partial charge >= 0.3 is 0 Å². The average molecular weight is 336 g/mol. The molecule has 0 spiro atoms. The van der Waals surface area contributed by atoms with Crippen LogP contribution in [0.2, 0.25) is 10.0 Å². The Balaban J connectivity index is 2.74. The molecule has 0 radical (unpaired) electrons. The van der Waals surface area contributed by atoms with E-state index in [2.05, 4.69) is 15.1 Å². The van der Waals surface area contributed by atoms with Crippen molar-refractivity contribution in [2.45, 2.75) is 20.3 Å². The molecule has 1 aromatic carbocycles. The Labute approximate surface area is 139 Å². The van der Waals surface area contributed by atoms with Crippen LogP contribution in [0.3, 0.4) is 0 Å². The molecule has 0 unspecified atom stereocenters. The van der Waals surface area contributed by atoms with E-state index in [0.717, 1.165) is 16.8 Å². The van der Waals surface area contributed by atoms with E-state index in [4.69, 9.17) is 28.4 Å². The maximum atomic E-state index is 8.76. The monoisotopic (exact) mass is 335 g/mol. The molecule has 0 aliphatic carbocycles. The van der Waals surface area contributed by atoms with Gasteiger partial charge in [0.05, 0.1) is 27.6 Å². The van der Waals surface area contributed by atoms with Crippen LogP contribution in [0.1, 0.15) is 30.7 Å². The summed E-state index contributed by atoms with van der Waals surface area (Å²) in [5.74, 6) is 0. The Morgan fingerprint density at radius 3 is 2.64 bits per heavy atom. The number of rotatable bonds is 4. The first-order valence-electron chi connectivity index (χ1n) is 6.75. The van der Waals surface area contributed by atoms with Crippen LogP contribution in [-0.2, 0) is 6.42 Å². The number of benzene rings is 1. The fourth-order valence-electron chi connectivity index (χ4n) is 2.13. The molecule has 22 heavy (non-hydrogen) atoms. The van der Waals surface area contributed by atoms with Crippen molar-refractivity contribution in [1.29, 1.82) is 0 Å². The zero-order chi connectivity index (χ0) is 16.1.